The number of hydrogen-bond acceptors (Lipinski definition) is 3. The lowest BCUT2D eigenvalue weighted by molar-refractivity contribution is 0.0662. The summed E-state index contributed by atoms with van der Waals surface area (Å²) < 4.78 is 7.50. The van der Waals surface area contributed by atoms with Crippen LogP contribution in [0.4, 0.5) is 0 Å². The van der Waals surface area contributed by atoms with Crippen molar-refractivity contribution in [3.63, 3.8) is 0 Å². The molecular weight excluding hydrogens is 214 g/mol. The molecule has 2 rings (SSSR count). The van der Waals surface area contributed by atoms with E-state index in [4.69, 9.17) is 4.74 Å². The molecule has 1 aromatic heterocycles. The van der Waals surface area contributed by atoms with Crippen LogP contribution in [-0.4, -0.2) is 29.5 Å². The predicted octanol–water partition coefficient (Wildman–Crippen LogP) is 2.30. The van der Waals surface area contributed by atoms with Gasteiger partial charge in [0.1, 0.15) is 0 Å². The number of rotatable bonds is 5. The summed E-state index contributed by atoms with van der Waals surface area (Å²) in [6.07, 6.45) is 7.48. The summed E-state index contributed by atoms with van der Waals surface area (Å²) in [5.41, 5.74) is 1.31. The molecule has 96 valence electrons. The number of nitrogens with one attached hydrogen (secondary N) is 1. The van der Waals surface area contributed by atoms with Crippen LogP contribution in [0.25, 0.3) is 0 Å². The molecule has 1 N–H and O–H groups in total. The van der Waals surface area contributed by atoms with Crippen molar-refractivity contribution in [2.24, 2.45) is 0 Å². The monoisotopic (exact) mass is 237 g/mol. The predicted molar refractivity (Wildman–Crippen MR) is 68.0 cm³/mol. The van der Waals surface area contributed by atoms with Crippen molar-refractivity contribution >= 4 is 0 Å². The van der Waals surface area contributed by atoms with E-state index in [2.05, 4.69) is 35.1 Å². The molecule has 1 fully saturated rings. The maximum Gasteiger partial charge on any atom is 0.0563 e. The smallest absolute Gasteiger partial charge is 0.0563 e. The zero-order valence-corrected chi connectivity index (χ0v) is 10.9. The Labute approximate surface area is 103 Å². The van der Waals surface area contributed by atoms with Gasteiger partial charge in [0.25, 0.3) is 0 Å². The molecular formula is C13H23N3O. The minimum Gasteiger partial charge on any atom is -0.381 e. The van der Waals surface area contributed by atoms with Crippen molar-refractivity contribution in [1.29, 1.82) is 0 Å². The van der Waals surface area contributed by atoms with Gasteiger partial charge in [0.05, 0.1) is 12.2 Å². The molecule has 0 aliphatic carbocycles. The van der Waals surface area contributed by atoms with E-state index in [-0.39, 0.29) is 0 Å². The second-order valence-electron chi connectivity index (χ2n) is 4.62. The molecule has 0 saturated carbocycles. The summed E-state index contributed by atoms with van der Waals surface area (Å²) in [6.45, 7) is 7.08. The van der Waals surface area contributed by atoms with Gasteiger partial charge in [-0.05, 0) is 25.8 Å². The van der Waals surface area contributed by atoms with Gasteiger partial charge in [-0.1, -0.05) is 13.8 Å². The molecule has 4 nitrogen and oxygen atoms in total. The highest BCUT2D eigenvalue weighted by molar-refractivity contribution is 5.10. The molecule has 2 heterocycles. The number of aromatic nitrogens is 2. The van der Waals surface area contributed by atoms with Crippen LogP contribution in [-0.2, 0) is 4.74 Å². The molecule has 1 saturated heterocycles. The van der Waals surface area contributed by atoms with Crippen molar-refractivity contribution < 1.29 is 4.74 Å². The van der Waals surface area contributed by atoms with Gasteiger partial charge in [0, 0.05) is 31.0 Å². The topological polar surface area (TPSA) is 39.1 Å². The normalized spacial score (nSPS) is 19.4. The second kappa shape index (κ2) is 6.17. The lowest BCUT2D eigenvalue weighted by Crippen LogP contribution is -2.21. The second-order valence-corrected chi connectivity index (χ2v) is 4.62. The van der Waals surface area contributed by atoms with Crippen molar-refractivity contribution in [2.75, 3.05) is 19.8 Å². The van der Waals surface area contributed by atoms with E-state index in [9.17, 15) is 0 Å². The van der Waals surface area contributed by atoms with Crippen molar-refractivity contribution in [3.05, 3.63) is 18.0 Å². The summed E-state index contributed by atoms with van der Waals surface area (Å²) in [6, 6.07) is 0.963. The maximum absolute atomic E-state index is 5.38. The number of ether oxygens (including phenoxy) is 1. The van der Waals surface area contributed by atoms with Gasteiger partial charge in [-0.2, -0.15) is 5.10 Å². The summed E-state index contributed by atoms with van der Waals surface area (Å²) in [7, 11) is 0. The van der Waals surface area contributed by atoms with E-state index in [0.29, 0.717) is 12.1 Å². The Morgan fingerprint density at radius 2 is 2.24 bits per heavy atom. The third-order valence-corrected chi connectivity index (χ3v) is 3.45. The molecule has 1 aromatic rings. The molecule has 0 spiro atoms. The first-order chi connectivity index (χ1) is 8.35. The van der Waals surface area contributed by atoms with E-state index < -0.39 is 0 Å². The minimum atomic E-state index is 0.439. The van der Waals surface area contributed by atoms with Gasteiger partial charge in [0.15, 0.2) is 0 Å². The fourth-order valence-corrected chi connectivity index (χ4v) is 2.43. The summed E-state index contributed by atoms with van der Waals surface area (Å²) in [4.78, 5) is 0. The van der Waals surface area contributed by atoms with Gasteiger partial charge in [-0.15, -0.1) is 0 Å². The average Bonchev–Trinajstić information content (AvgIpc) is 2.86. The van der Waals surface area contributed by atoms with Crippen molar-refractivity contribution in [3.8, 4) is 0 Å². The van der Waals surface area contributed by atoms with Gasteiger partial charge in [-0.25, -0.2) is 0 Å². The third kappa shape index (κ3) is 3.07. The van der Waals surface area contributed by atoms with Gasteiger partial charge in [-0.3, -0.25) is 4.68 Å². The van der Waals surface area contributed by atoms with Crippen LogP contribution in [0.5, 0.6) is 0 Å². The SMILES string of the molecule is CCNC(CC)c1cnn(C2CCOCC2)c1. The highest BCUT2D eigenvalue weighted by atomic mass is 16.5. The Balaban J connectivity index is 2.03. The molecule has 0 bridgehead atoms. The van der Waals surface area contributed by atoms with E-state index in [1.165, 1.54) is 5.56 Å². The molecule has 17 heavy (non-hydrogen) atoms. The molecule has 1 unspecified atom stereocenters. The quantitative estimate of drug-likeness (QED) is 0.854. The lowest BCUT2D eigenvalue weighted by Gasteiger charge is -2.22. The largest absolute Gasteiger partial charge is 0.381 e. The molecule has 0 radical (unpaired) electrons. The van der Waals surface area contributed by atoms with E-state index in [1.54, 1.807) is 0 Å². The first-order valence-corrected chi connectivity index (χ1v) is 6.70. The zero-order valence-electron chi connectivity index (χ0n) is 10.9. The molecule has 1 aliphatic heterocycles. The molecule has 0 amide bonds. The van der Waals surface area contributed by atoms with Crippen LogP contribution in [0.1, 0.15) is 50.8 Å². The Hall–Kier alpha value is -0.870. The third-order valence-electron chi connectivity index (χ3n) is 3.45. The standard InChI is InChI=1S/C13H23N3O/c1-3-13(14-4-2)11-9-15-16(10-11)12-5-7-17-8-6-12/h9-10,12-14H,3-8H2,1-2H3. The Morgan fingerprint density at radius 1 is 1.47 bits per heavy atom. The van der Waals surface area contributed by atoms with Crippen LogP contribution < -0.4 is 5.32 Å². The van der Waals surface area contributed by atoms with E-state index >= 15 is 0 Å². The van der Waals surface area contributed by atoms with Crippen LogP contribution in [0.2, 0.25) is 0 Å². The van der Waals surface area contributed by atoms with Gasteiger partial charge in [0.2, 0.25) is 0 Å². The van der Waals surface area contributed by atoms with Gasteiger partial charge < -0.3 is 10.1 Å². The summed E-state index contributed by atoms with van der Waals surface area (Å²) in [5, 5.41) is 8.00. The van der Waals surface area contributed by atoms with E-state index in [1.807, 2.05) is 6.20 Å². The summed E-state index contributed by atoms with van der Waals surface area (Å²) >= 11 is 0. The first-order valence-electron chi connectivity index (χ1n) is 6.70. The fourth-order valence-electron chi connectivity index (χ4n) is 2.43. The van der Waals surface area contributed by atoms with E-state index in [0.717, 1.165) is 39.0 Å². The maximum atomic E-state index is 5.38. The molecule has 4 heteroatoms. The number of nitrogens with zero attached hydrogens (tertiary/aromatic N) is 2. The Morgan fingerprint density at radius 3 is 2.88 bits per heavy atom. The molecule has 0 aromatic carbocycles. The summed E-state index contributed by atoms with van der Waals surface area (Å²) in [5.74, 6) is 0. The minimum absolute atomic E-state index is 0.439. The van der Waals surface area contributed by atoms with Crippen molar-refractivity contribution in [2.45, 2.75) is 45.2 Å². The molecule has 1 aliphatic rings. The van der Waals surface area contributed by atoms with Crippen LogP contribution in [0.15, 0.2) is 12.4 Å². The highest BCUT2D eigenvalue weighted by Crippen LogP contribution is 2.22. The van der Waals surface area contributed by atoms with Crippen LogP contribution in [0.3, 0.4) is 0 Å². The van der Waals surface area contributed by atoms with Crippen LogP contribution >= 0.6 is 0 Å². The van der Waals surface area contributed by atoms with Crippen molar-refractivity contribution in [1.82, 2.24) is 15.1 Å². The number of hydrogen-bond donors (Lipinski definition) is 1. The van der Waals surface area contributed by atoms with Crippen LogP contribution in [0, 0.1) is 0 Å². The molecule has 1 atom stereocenters. The average molecular weight is 237 g/mol. The first kappa shape index (κ1) is 12.6. The lowest BCUT2D eigenvalue weighted by atomic mass is 10.1. The zero-order chi connectivity index (χ0) is 12.1. The Kier molecular flexibility index (Phi) is 4.57. The highest BCUT2D eigenvalue weighted by Gasteiger charge is 2.18. The Bertz CT molecular complexity index is 312. The van der Waals surface area contributed by atoms with Gasteiger partial charge >= 0.3 is 0 Å². The fraction of sp³-hybridized carbons (Fsp3) is 0.769.